The van der Waals surface area contributed by atoms with Crippen molar-refractivity contribution in [1.82, 2.24) is 10.5 Å². The van der Waals surface area contributed by atoms with E-state index >= 15 is 0 Å². The van der Waals surface area contributed by atoms with Gasteiger partial charge >= 0.3 is 6.09 Å². The number of likely N-dealkylation sites (N-methyl/N-ethyl adjacent to an activating group) is 1. The number of nitrogens with zero attached hydrogens (tertiary/aromatic N) is 2. The van der Waals surface area contributed by atoms with E-state index in [2.05, 4.69) is 10.5 Å². The fourth-order valence-corrected chi connectivity index (χ4v) is 3.35. The van der Waals surface area contributed by atoms with Crippen molar-refractivity contribution in [2.24, 2.45) is 0 Å². The number of ether oxygens (including phenoxy) is 1. The van der Waals surface area contributed by atoms with Gasteiger partial charge in [-0.15, -0.1) is 0 Å². The van der Waals surface area contributed by atoms with Crippen LogP contribution in [0.2, 0.25) is 0 Å². The van der Waals surface area contributed by atoms with Crippen LogP contribution in [-0.2, 0) is 22.4 Å². The van der Waals surface area contributed by atoms with Gasteiger partial charge < -0.3 is 14.6 Å². The Morgan fingerprint density at radius 3 is 3.00 bits per heavy atom. The molecule has 1 aliphatic carbocycles. The Kier molecular flexibility index (Phi) is 3.48. The highest BCUT2D eigenvalue weighted by atomic mass is 16.6. The average molecular weight is 327 g/mol. The van der Waals surface area contributed by atoms with Gasteiger partial charge in [-0.05, 0) is 43.0 Å². The van der Waals surface area contributed by atoms with Crippen LogP contribution in [0.3, 0.4) is 0 Å². The highest BCUT2D eigenvalue weighted by molar-refractivity contribution is 6.00. The number of cyclic esters (lactones) is 1. The van der Waals surface area contributed by atoms with E-state index in [1.54, 1.807) is 13.2 Å². The molecule has 0 bridgehead atoms. The molecule has 2 aliphatic rings. The average Bonchev–Trinajstić information content (AvgIpc) is 3.17. The third-order valence-electron chi connectivity index (χ3n) is 4.57. The second-order valence-electron chi connectivity index (χ2n) is 5.95. The lowest BCUT2D eigenvalue weighted by Crippen LogP contribution is -2.44. The Morgan fingerprint density at radius 1 is 1.33 bits per heavy atom. The second-order valence-corrected chi connectivity index (χ2v) is 5.95. The summed E-state index contributed by atoms with van der Waals surface area (Å²) in [5.41, 5.74) is 3.84. The summed E-state index contributed by atoms with van der Waals surface area (Å²) in [5, 5.41) is 6.46. The maximum atomic E-state index is 12.1. The van der Waals surface area contributed by atoms with E-state index in [4.69, 9.17) is 9.26 Å². The largest absolute Gasteiger partial charge is 0.446 e. The zero-order valence-electron chi connectivity index (χ0n) is 13.2. The van der Waals surface area contributed by atoms with Crippen molar-refractivity contribution in [3.8, 4) is 11.3 Å². The van der Waals surface area contributed by atoms with E-state index in [1.165, 1.54) is 4.90 Å². The van der Waals surface area contributed by atoms with Gasteiger partial charge in [0.05, 0.1) is 6.20 Å². The van der Waals surface area contributed by atoms with E-state index in [0.717, 1.165) is 41.7 Å². The van der Waals surface area contributed by atoms with Crippen LogP contribution in [0.15, 0.2) is 28.9 Å². The van der Waals surface area contributed by atoms with Crippen molar-refractivity contribution in [1.29, 1.82) is 0 Å². The molecule has 1 aromatic carbocycles. The standard InChI is InChI=1S/C17H17N3O4/c1-18-16(21)14-9-23-17(22)20(14)12-5-6-13-10(7-12)3-2-4-11-8-19-24-15(11)13/h5-8,14H,2-4,9H2,1H3,(H,18,21)/t14-/m0/s1. The fraction of sp³-hybridized carbons (Fsp3) is 0.353. The molecule has 7 nitrogen and oxygen atoms in total. The third kappa shape index (κ3) is 2.24. The topological polar surface area (TPSA) is 84.7 Å². The number of aromatic nitrogens is 1. The Morgan fingerprint density at radius 2 is 2.17 bits per heavy atom. The summed E-state index contributed by atoms with van der Waals surface area (Å²) in [6.45, 7) is 0.0574. The van der Waals surface area contributed by atoms with Crippen LogP contribution in [0.25, 0.3) is 11.3 Å². The van der Waals surface area contributed by atoms with Gasteiger partial charge in [0, 0.05) is 23.9 Å². The lowest BCUT2D eigenvalue weighted by Gasteiger charge is -2.21. The summed E-state index contributed by atoms with van der Waals surface area (Å²) < 4.78 is 10.5. The monoisotopic (exact) mass is 327 g/mol. The molecule has 0 spiro atoms. The van der Waals surface area contributed by atoms with Crippen molar-refractivity contribution in [2.45, 2.75) is 25.3 Å². The number of hydrogen-bond donors (Lipinski definition) is 1. The van der Waals surface area contributed by atoms with Crippen molar-refractivity contribution < 1.29 is 18.8 Å². The van der Waals surface area contributed by atoms with Crippen LogP contribution in [0.1, 0.15) is 17.5 Å². The molecular weight excluding hydrogens is 310 g/mol. The van der Waals surface area contributed by atoms with E-state index in [0.29, 0.717) is 5.69 Å². The van der Waals surface area contributed by atoms with Gasteiger partial charge in [0.25, 0.3) is 0 Å². The number of nitrogens with one attached hydrogen (secondary N) is 1. The van der Waals surface area contributed by atoms with E-state index < -0.39 is 12.1 Å². The SMILES string of the molecule is CNC(=O)[C@@H]1COC(=O)N1c1ccc2c(c1)CCCc1cnoc1-2. The molecule has 24 heavy (non-hydrogen) atoms. The van der Waals surface area contributed by atoms with Gasteiger partial charge in [-0.25, -0.2) is 4.79 Å². The number of rotatable bonds is 2. The van der Waals surface area contributed by atoms with Crippen molar-refractivity contribution in [2.75, 3.05) is 18.6 Å². The molecule has 2 heterocycles. The van der Waals surface area contributed by atoms with Crippen LogP contribution in [0, 0.1) is 0 Å². The molecule has 1 fully saturated rings. The molecule has 1 saturated heterocycles. The maximum absolute atomic E-state index is 12.1. The normalized spacial score (nSPS) is 19.3. The van der Waals surface area contributed by atoms with Gasteiger partial charge in [0.2, 0.25) is 5.91 Å². The van der Waals surface area contributed by atoms with Gasteiger partial charge in [-0.2, -0.15) is 0 Å². The second kappa shape index (κ2) is 5.67. The summed E-state index contributed by atoms with van der Waals surface area (Å²) in [6, 6.07) is 5.04. The van der Waals surface area contributed by atoms with Crippen molar-refractivity contribution in [3.05, 3.63) is 35.5 Å². The fourth-order valence-electron chi connectivity index (χ4n) is 3.35. The molecule has 2 aromatic rings. The summed E-state index contributed by atoms with van der Waals surface area (Å²) in [7, 11) is 1.55. The van der Waals surface area contributed by atoms with Crippen LogP contribution < -0.4 is 10.2 Å². The summed E-state index contributed by atoms with van der Waals surface area (Å²) in [5.74, 6) is 0.550. The number of benzene rings is 1. The number of carbonyl (C=O) groups is 2. The molecule has 2 amide bonds. The number of anilines is 1. The molecule has 0 radical (unpaired) electrons. The van der Waals surface area contributed by atoms with Gasteiger partial charge in [0.1, 0.15) is 6.61 Å². The van der Waals surface area contributed by atoms with Crippen LogP contribution in [0.4, 0.5) is 10.5 Å². The summed E-state index contributed by atoms with van der Waals surface area (Å²) in [4.78, 5) is 25.5. The van der Waals surface area contributed by atoms with Gasteiger partial charge in [0.15, 0.2) is 11.8 Å². The van der Waals surface area contributed by atoms with Crippen molar-refractivity contribution in [3.63, 3.8) is 0 Å². The minimum absolute atomic E-state index is 0.0574. The molecule has 1 aromatic heterocycles. The number of amides is 2. The zero-order chi connectivity index (χ0) is 16.7. The van der Waals surface area contributed by atoms with Crippen molar-refractivity contribution >= 4 is 17.7 Å². The smallest absolute Gasteiger partial charge is 0.415 e. The maximum Gasteiger partial charge on any atom is 0.415 e. The molecule has 0 unspecified atom stereocenters. The third-order valence-corrected chi connectivity index (χ3v) is 4.57. The Bertz CT molecular complexity index is 814. The van der Waals surface area contributed by atoms with Crippen LogP contribution >= 0.6 is 0 Å². The summed E-state index contributed by atoms with van der Waals surface area (Å²) in [6.07, 6.45) is 4.03. The highest BCUT2D eigenvalue weighted by Gasteiger charge is 2.39. The number of hydrogen-bond acceptors (Lipinski definition) is 5. The first-order valence-electron chi connectivity index (χ1n) is 7.93. The molecule has 124 valence electrons. The van der Waals surface area contributed by atoms with Gasteiger partial charge in [-0.1, -0.05) is 5.16 Å². The first-order valence-corrected chi connectivity index (χ1v) is 7.93. The first kappa shape index (κ1) is 14.7. The molecule has 1 N–H and O–H groups in total. The minimum atomic E-state index is -0.646. The Labute approximate surface area is 138 Å². The summed E-state index contributed by atoms with van der Waals surface area (Å²) >= 11 is 0. The quantitative estimate of drug-likeness (QED) is 0.910. The molecule has 4 rings (SSSR count). The Hall–Kier alpha value is -2.83. The van der Waals surface area contributed by atoms with E-state index in [9.17, 15) is 9.59 Å². The number of fused-ring (bicyclic) bond motifs is 3. The molecular formula is C17H17N3O4. The van der Waals surface area contributed by atoms with Crippen LogP contribution in [-0.4, -0.2) is 36.9 Å². The molecule has 7 heteroatoms. The molecule has 1 aliphatic heterocycles. The lowest BCUT2D eigenvalue weighted by molar-refractivity contribution is -0.121. The number of aryl methyl sites for hydroxylation is 2. The predicted octanol–water partition coefficient (Wildman–Crippen LogP) is 1.90. The van der Waals surface area contributed by atoms with E-state index in [-0.39, 0.29) is 12.5 Å². The predicted molar refractivity (Wildman–Crippen MR) is 85.6 cm³/mol. The molecule has 0 saturated carbocycles. The number of carbonyl (C=O) groups excluding carboxylic acids is 2. The lowest BCUT2D eigenvalue weighted by atomic mass is 10.0. The minimum Gasteiger partial charge on any atom is -0.446 e. The molecule has 1 atom stereocenters. The van der Waals surface area contributed by atoms with Gasteiger partial charge in [-0.3, -0.25) is 9.69 Å². The van der Waals surface area contributed by atoms with E-state index in [1.807, 2.05) is 18.2 Å². The zero-order valence-corrected chi connectivity index (χ0v) is 13.2. The van der Waals surface area contributed by atoms with Crippen LogP contribution in [0.5, 0.6) is 0 Å². The Balaban J connectivity index is 1.75. The first-order chi connectivity index (χ1) is 11.7. The highest BCUT2D eigenvalue weighted by Crippen LogP contribution is 2.35.